The van der Waals surface area contributed by atoms with Gasteiger partial charge in [-0.2, -0.15) is 0 Å². The number of nitrogens with one attached hydrogen (secondary N) is 3. The third-order valence-corrected chi connectivity index (χ3v) is 4.04. The summed E-state index contributed by atoms with van der Waals surface area (Å²) >= 11 is 0. The van der Waals surface area contributed by atoms with Crippen molar-refractivity contribution in [3.63, 3.8) is 0 Å². The number of aryl methyl sites for hydroxylation is 2. The first-order valence-corrected chi connectivity index (χ1v) is 8.70. The van der Waals surface area contributed by atoms with E-state index in [1.54, 1.807) is 12.1 Å². The number of benzene rings is 1. The van der Waals surface area contributed by atoms with E-state index < -0.39 is 5.97 Å². The summed E-state index contributed by atoms with van der Waals surface area (Å²) in [5, 5.41) is 13.2. The van der Waals surface area contributed by atoms with Crippen LogP contribution < -0.4 is 10.6 Å². The number of amides is 2. The van der Waals surface area contributed by atoms with Crippen LogP contribution in [0.5, 0.6) is 0 Å². The highest BCUT2D eigenvalue weighted by molar-refractivity contribution is 6.34. The summed E-state index contributed by atoms with van der Waals surface area (Å²) in [4.78, 5) is 34.6. The molecule has 1 aliphatic rings. The summed E-state index contributed by atoms with van der Waals surface area (Å²) < 4.78 is 13.3. The average molecular weight is 387 g/mol. The van der Waals surface area contributed by atoms with E-state index in [0.717, 1.165) is 17.0 Å². The van der Waals surface area contributed by atoms with Crippen molar-refractivity contribution < 1.29 is 23.9 Å². The second kappa shape index (κ2) is 9.50. The molecule has 0 spiro atoms. The minimum Gasteiger partial charge on any atom is -0.481 e. The molecule has 0 fully saturated rings. The van der Waals surface area contributed by atoms with Gasteiger partial charge in [-0.05, 0) is 56.2 Å². The molecule has 8 heteroatoms. The van der Waals surface area contributed by atoms with Crippen LogP contribution in [-0.2, 0) is 14.4 Å². The first-order chi connectivity index (χ1) is 13.3. The lowest BCUT2D eigenvalue weighted by Crippen LogP contribution is -2.13. The van der Waals surface area contributed by atoms with Gasteiger partial charge in [-0.3, -0.25) is 14.4 Å². The summed E-state index contributed by atoms with van der Waals surface area (Å²) in [6.07, 6.45) is 2.93. The van der Waals surface area contributed by atoms with Gasteiger partial charge in [0, 0.05) is 35.6 Å². The van der Waals surface area contributed by atoms with Crippen molar-refractivity contribution in [3.05, 3.63) is 52.6 Å². The smallest absolute Gasteiger partial charge is 0.303 e. The van der Waals surface area contributed by atoms with Gasteiger partial charge in [0.15, 0.2) is 0 Å². The van der Waals surface area contributed by atoms with Gasteiger partial charge in [0.2, 0.25) is 6.41 Å². The molecule has 148 valence electrons. The van der Waals surface area contributed by atoms with Crippen LogP contribution in [0.3, 0.4) is 0 Å². The van der Waals surface area contributed by atoms with E-state index >= 15 is 0 Å². The Labute approximate surface area is 161 Å². The summed E-state index contributed by atoms with van der Waals surface area (Å²) in [5.74, 6) is -1.38. The summed E-state index contributed by atoms with van der Waals surface area (Å²) in [7, 11) is 0. The molecule has 1 aromatic heterocycles. The van der Waals surface area contributed by atoms with E-state index in [9.17, 15) is 18.8 Å². The highest BCUT2D eigenvalue weighted by Crippen LogP contribution is 2.33. The Bertz CT molecular complexity index is 918. The number of fused-ring (bicyclic) bond motifs is 1. The zero-order chi connectivity index (χ0) is 20.7. The molecule has 0 radical (unpaired) electrons. The molecule has 0 saturated heterocycles. The second-order valence-electron chi connectivity index (χ2n) is 6.32. The number of aromatic amines is 1. The quantitative estimate of drug-likeness (QED) is 0.347. The average Bonchev–Trinajstić information content (AvgIpc) is 3.11. The van der Waals surface area contributed by atoms with Crippen LogP contribution in [0.2, 0.25) is 0 Å². The number of halogens is 1. The number of anilines is 1. The number of carbonyl (C=O) groups excluding carboxylic acids is 2. The molecule has 0 unspecified atom stereocenters. The maximum atomic E-state index is 13.3. The van der Waals surface area contributed by atoms with E-state index in [4.69, 9.17) is 5.11 Å². The lowest BCUT2D eigenvalue weighted by Gasteiger charge is -1.98. The highest BCUT2D eigenvalue weighted by atomic mass is 19.1. The predicted octanol–water partition coefficient (Wildman–Crippen LogP) is 2.86. The Balaban J connectivity index is 0.000000266. The largest absolute Gasteiger partial charge is 0.481 e. The standard InChI is InChI=1S/C15H13FN2O.C5H9NO3/c1-8-5-9(2)17-14(8)7-12-11-6-10(16)3-4-13(11)18-15(12)19;7-4-6-3-1-2-5(8)9/h3-7,17H,1-2H3,(H,18,19);4H,1-3H2,(H,6,7)(H,8,9)/b12-7-;. The molecule has 2 heterocycles. The molecule has 0 atom stereocenters. The van der Waals surface area contributed by atoms with Crippen molar-refractivity contribution in [1.29, 1.82) is 0 Å². The fraction of sp³-hybridized carbons (Fsp3) is 0.250. The fourth-order valence-electron chi connectivity index (χ4n) is 2.75. The summed E-state index contributed by atoms with van der Waals surface area (Å²) in [6.45, 7) is 4.36. The molecular weight excluding hydrogens is 365 g/mol. The van der Waals surface area contributed by atoms with Gasteiger partial charge in [0.05, 0.1) is 5.57 Å². The van der Waals surface area contributed by atoms with Crippen LogP contribution in [-0.4, -0.2) is 34.9 Å². The topological polar surface area (TPSA) is 111 Å². The Morgan fingerprint density at radius 1 is 1.29 bits per heavy atom. The number of H-pyrrole nitrogens is 1. The predicted molar refractivity (Wildman–Crippen MR) is 104 cm³/mol. The molecule has 7 nitrogen and oxygen atoms in total. The van der Waals surface area contributed by atoms with Gasteiger partial charge < -0.3 is 20.7 Å². The Morgan fingerprint density at radius 3 is 2.64 bits per heavy atom. The first-order valence-electron chi connectivity index (χ1n) is 8.70. The minimum absolute atomic E-state index is 0.112. The number of hydrogen-bond donors (Lipinski definition) is 4. The van der Waals surface area contributed by atoms with Crippen molar-refractivity contribution in [2.45, 2.75) is 26.7 Å². The van der Waals surface area contributed by atoms with Gasteiger partial charge in [-0.25, -0.2) is 4.39 Å². The maximum Gasteiger partial charge on any atom is 0.303 e. The van der Waals surface area contributed by atoms with Gasteiger partial charge in [-0.1, -0.05) is 0 Å². The highest BCUT2D eigenvalue weighted by Gasteiger charge is 2.24. The van der Waals surface area contributed by atoms with Crippen LogP contribution in [0, 0.1) is 19.7 Å². The van der Waals surface area contributed by atoms with E-state index in [1.807, 2.05) is 19.9 Å². The Hall–Kier alpha value is -3.42. The number of hydrogen-bond acceptors (Lipinski definition) is 3. The van der Waals surface area contributed by atoms with E-state index in [0.29, 0.717) is 36.2 Å². The first kappa shape index (κ1) is 20.9. The van der Waals surface area contributed by atoms with E-state index in [1.165, 1.54) is 12.1 Å². The van der Waals surface area contributed by atoms with Gasteiger partial charge >= 0.3 is 5.97 Å². The Morgan fingerprint density at radius 2 is 2.04 bits per heavy atom. The molecule has 3 rings (SSSR count). The molecule has 2 aromatic rings. The van der Waals surface area contributed by atoms with Gasteiger partial charge in [0.25, 0.3) is 5.91 Å². The molecule has 0 bridgehead atoms. The number of carbonyl (C=O) groups is 3. The zero-order valence-electron chi connectivity index (χ0n) is 15.6. The number of rotatable bonds is 6. The third-order valence-electron chi connectivity index (χ3n) is 4.04. The van der Waals surface area contributed by atoms with Crippen LogP contribution >= 0.6 is 0 Å². The minimum atomic E-state index is -0.831. The molecular formula is C20H22FN3O4. The molecule has 0 saturated carbocycles. The number of carboxylic acids is 1. The summed E-state index contributed by atoms with van der Waals surface area (Å²) in [5.41, 5.74) is 4.71. The van der Waals surface area contributed by atoms with Crippen molar-refractivity contribution in [2.24, 2.45) is 0 Å². The number of carboxylic acid groups (broad SMARTS) is 1. The fourth-order valence-corrected chi connectivity index (χ4v) is 2.75. The second-order valence-corrected chi connectivity index (χ2v) is 6.32. The number of aromatic nitrogens is 1. The van der Waals surface area contributed by atoms with Crippen LogP contribution in [0.25, 0.3) is 11.6 Å². The lowest BCUT2D eigenvalue weighted by atomic mass is 10.1. The molecule has 4 N–H and O–H groups in total. The van der Waals surface area contributed by atoms with Crippen LogP contribution in [0.4, 0.5) is 10.1 Å². The number of aliphatic carboxylic acids is 1. The van der Waals surface area contributed by atoms with Crippen molar-refractivity contribution in [2.75, 3.05) is 11.9 Å². The molecule has 0 aliphatic carbocycles. The molecule has 2 amide bonds. The third kappa shape index (κ3) is 5.54. The van der Waals surface area contributed by atoms with Crippen LogP contribution in [0.1, 0.15) is 35.4 Å². The Kier molecular flexibility index (Phi) is 7.08. The summed E-state index contributed by atoms with van der Waals surface area (Å²) in [6, 6.07) is 6.30. The van der Waals surface area contributed by atoms with E-state index in [-0.39, 0.29) is 18.1 Å². The van der Waals surface area contributed by atoms with E-state index in [2.05, 4.69) is 15.6 Å². The zero-order valence-corrected chi connectivity index (χ0v) is 15.6. The van der Waals surface area contributed by atoms with Gasteiger partial charge in [0.1, 0.15) is 5.82 Å². The monoisotopic (exact) mass is 387 g/mol. The SMILES string of the molecule is Cc1cc(C)c(/C=C2\C(=O)Nc3ccc(F)cc32)[nH]1.O=CNCCCC(=O)O. The molecule has 28 heavy (non-hydrogen) atoms. The molecule has 1 aromatic carbocycles. The van der Waals surface area contributed by atoms with Gasteiger partial charge in [-0.15, -0.1) is 0 Å². The maximum absolute atomic E-state index is 13.3. The molecule has 1 aliphatic heterocycles. The normalized spacial score (nSPS) is 13.4. The lowest BCUT2D eigenvalue weighted by molar-refractivity contribution is -0.137. The van der Waals surface area contributed by atoms with Crippen LogP contribution in [0.15, 0.2) is 24.3 Å². The van der Waals surface area contributed by atoms with Crippen molar-refractivity contribution >= 4 is 35.6 Å². The van der Waals surface area contributed by atoms with Crippen molar-refractivity contribution in [3.8, 4) is 0 Å². The van der Waals surface area contributed by atoms with Crippen molar-refractivity contribution in [1.82, 2.24) is 10.3 Å².